The van der Waals surface area contributed by atoms with Crippen LogP contribution >= 0.6 is 0 Å². The minimum Gasteiger partial charge on any atom is -0.493 e. The Kier molecular flexibility index (Phi) is 4.83. The van der Waals surface area contributed by atoms with Crippen molar-refractivity contribution in [2.45, 2.75) is 20.3 Å². The Labute approximate surface area is 146 Å². The summed E-state index contributed by atoms with van der Waals surface area (Å²) in [6.07, 6.45) is 2.33. The van der Waals surface area contributed by atoms with Gasteiger partial charge in [0, 0.05) is 23.9 Å². The monoisotopic (exact) mass is 339 g/mol. The van der Waals surface area contributed by atoms with Crippen molar-refractivity contribution in [3.05, 3.63) is 53.1 Å². The van der Waals surface area contributed by atoms with Crippen LogP contribution in [-0.2, 0) is 6.42 Å². The average Bonchev–Trinajstić information content (AvgIpc) is 2.94. The number of nitrogens with one attached hydrogen (secondary N) is 2. The zero-order chi connectivity index (χ0) is 17.8. The summed E-state index contributed by atoms with van der Waals surface area (Å²) in [6.45, 7) is 3.99. The summed E-state index contributed by atoms with van der Waals surface area (Å²) >= 11 is 0. The van der Waals surface area contributed by atoms with Gasteiger partial charge in [0.05, 0.1) is 14.2 Å². The van der Waals surface area contributed by atoms with E-state index in [2.05, 4.69) is 25.5 Å². The second-order valence-electron chi connectivity index (χ2n) is 5.67. The molecule has 0 aliphatic carbocycles. The topological polar surface area (TPSA) is 85.0 Å². The van der Waals surface area contributed by atoms with Gasteiger partial charge in [-0.1, -0.05) is 6.07 Å². The number of hydrogen-bond donors (Lipinski definition) is 2. The fourth-order valence-electron chi connectivity index (χ4n) is 2.46. The molecule has 0 amide bonds. The molecule has 0 unspecified atom stereocenters. The molecule has 3 rings (SSSR count). The molecule has 0 saturated carbocycles. The summed E-state index contributed by atoms with van der Waals surface area (Å²) < 4.78 is 10.6. The van der Waals surface area contributed by atoms with Gasteiger partial charge < -0.3 is 14.8 Å². The fourth-order valence-corrected chi connectivity index (χ4v) is 2.46. The average molecular weight is 339 g/mol. The molecule has 0 saturated heterocycles. The maximum Gasteiger partial charge on any atom is 0.161 e. The number of aryl methyl sites for hydroxylation is 1. The zero-order valence-electron chi connectivity index (χ0n) is 14.8. The first-order valence-electron chi connectivity index (χ1n) is 7.92. The lowest BCUT2D eigenvalue weighted by atomic mass is 10.1. The van der Waals surface area contributed by atoms with Gasteiger partial charge in [0.1, 0.15) is 11.6 Å². The molecule has 0 fully saturated rings. The van der Waals surface area contributed by atoms with Crippen LogP contribution in [-0.4, -0.2) is 34.4 Å². The standard InChI is InChI=1S/C18H21N5O2/c1-11-12(2)22-23-18(11)21-16-7-8-19-17(20-16)10-13-5-6-14(24-3)15(9-13)25-4/h5-9H,10H2,1-4H3,(H2,19,20,21,22,23). The highest BCUT2D eigenvalue weighted by Gasteiger charge is 2.09. The molecule has 0 spiro atoms. The van der Waals surface area contributed by atoms with E-state index in [1.807, 2.05) is 38.1 Å². The summed E-state index contributed by atoms with van der Waals surface area (Å²) in [5.41, 5.74) is 3.14. The molecule has 2 heterocycles. The summed E-state index contributed by atoms with van der Waals surface area (Å²) in [6, 6.07) is 7.61. The lowest BCUT2D eigenvalue weighted by molar-refractivity contribution is 0.354. The van der Waals surface area contributed by atoms with E-state index in [1.54, 1.807) is 20.4 Å². The number of hydrogen-bond acceptors (Lipinski definition) is 6. The van der Waals surface area contributed by atoms with Crippen LogP contribution in [0.5, 0.6) is 11.5 Å². The van der Waals surface area contributed by atoms with Crippen LogP contribution in [0.1, 0.15) is 22.6 Å². The molecule has 7 nitrogen and oxygen atoms in total. The van der Waals surface area contributed by atoms with Gasteiger partial charge in [-0.15, -0.1) is 0 Å². The van der Waals surface area contributed by atoms with Crippen LogP contribution in [0, 0.1) is 13.8 Å². The van der Waals surface area contributed by atoms with E-state index in [9.17, 15) is 0 Å². The van der Waals surface area contributed by atoms with Crippen molar-refractivity contribution in [3.8, 4) is 11.5 Å². The largest absolute Gasteiger partial charge is 0.493 e. The summed E-state index contributed by atoms with van der Waals surface area (Å²) in [5, 5.41) is 10.4. The SMILES string of the molecule is COc1ccc(Cc2nccc(Nc3n[nH]c(C)c3C)n2)cc1OC. The minimum atomic E-state index is 0.592. The Morgan fingerprint density at radius 3 is 2.56 bits per heavy atom. The molecule has 2 N–H and O–H groups in total. The molecule has 0 aliphatic heterocycles. The number of methoxy groups -OCH3 is 2. The number of benzene rings is 1. The van der Waals surface area contributed by atoms with E-state index in [1.165, 1.54) is 0 Å². The van der Waals surface area contributed by atoms with E-state index in [-0.39, 0.29) is 0 Å². The van der Waals surface area contributed by atoms with Crippen molar-refractivity contribution in [3.63, 3.8) is 0 Å². The van der Waals surface area contributed by atoms with Crippen LogP contribution in [0.3, 0.4) is 0 Å². The van der Waals surface area contributed by atoms with Crippen LogP contribution in [0.25, 0.3) is 0 Å². The number of H-pyrrole nitrogens is 1. The predicted octanol–water partition coefficient (Wildman–Crippen LogP) is 3.17. The quantitative estimate of drug-likeness (QED) is 0.717. The minimum absolute atomic E-state index is 0.592. The number of anilines is 2. The highest BCUT2D eigenvalue weighted by atomic mass is 16.5. The fraction of sp³-hybridized carbons (Fsp3) is 0.278. The molecule has 0 bridgehead atoms. The van der Waals surface area contributed by atoms with Crippen LogP contribution < -0.4 is 14.8 Å². The van der Waals surface area contributed by atoms with Crippen molar-refractivity contribution in [2.24, 2.45) is 0 Å². The third-order valence-corrected chi connectivity index (χ3v) is 4.02. The number of ether oxygens (including phenoxy) is 2. The molecule has 0 aliphatic rings. The highest BCUT2D eigenvalue weighted by Crippen LogP contribution is 2.28. The van der Waals surface area contributed by atoms with Gasteiger partial charge in [-0.2, -0.15) is 5.10 Å². The molecular formula is C18H21N5O2. The number of aromatic amines is 1. The normalized spacial score (nSPS) is 10.6. The van der Waals surface area contributed by atoms with E-state index >= 15 is 0 Å². The molecule has 1 aromatic carbocycles. The molecule has 0 atom stereocenters. The molecule has 3 aromatic rings. The lowest BCUT2D eigenvalue weighted by Crippen LogP contribution is -2.02. The number of nitrogens with zero attached hydrogens (tertiary/aromatic N) is 3. The molecule has 7 heteroatoms. The Morgan fingerprint density at radius 1 is 1.08 bits per heavy atom. The van der Waals surface area contributed by atoms with Gasteiger partial charge in [-0.25, -0.2) is 9.97 Å². The highest BCUT2D eigenvalue weighted by molar-refractivity contribution is 5.56. The van der Waals surface area contributed by atoms with Gasteiger partial charge in [0.15, 0.2) is 17.3 Å². The third kappa shape index (κ3) is 3.71. The van der Waals surface area contributed by atoms with Gasteiger partial charge in [-0.05, 0) is 37.6 Å². The van der Waals surface area contributed by atoms with Gasteiger partial charge in [0.2, 0.25) is 0 Å². The van der Waals surface area contributed by atoms with Crippen molar-refractivity contribution in [1.29, 1.82) is 0 Å². The second-order valence-corrected chi connectivity index (χ2v) is 5.67. The third-order valence-electron chi connectivity index (χ3n) is 4.02. The van der Waals surface area contributed by atoms with Crippen molar-refractivity contribution < 1.29 is 9.47 Å². The maximum atomic E-state index is 5.34. The Bertz CT molecular complexity index is 876. The summed E-state index contributed by atoms with van der Waals surface area (Å²) in [5.74, 6) is 3.58. The molecular weight excluding hydrogens is 318 g/mol. The molecule has 0 radical (unpaired) electrons. The number of rotatable bonds is 6. The predicted molar refractivity (Wildman–Crippen MR) is 95.7 cm³/mol. The van der Waals surface area contributed by atoms with Crippen LogP contribution in [0.4, 0.5) is 11.6 Å². The Balaban J connectivity index is 1.79. The van der Waals surface area contributed by atoms with E-state index in [4.69, 9.17) is 9.47 Å². The number of aromatic nitrogens is 4. The maximum absolute atomic E-state index is 5.34. The Hall–Kier alpha value is -3.09. The zero-order valence-corrected chi connectivity index (χ0v) is 14.8. The smallest absolute Gasteiger partial charge is 0.161 e. The van der Waals surface area contributed by atoms with E-state index < -0.39 is 0 Å². The lowest BCUT2D eigenvalue weighted by Gasteiger charge is -2.10. The molecule has 130 valence electrons. The van der Waals surface area contributed by atoms with Crippen LogP contribution in [0.15, 0.2) is 30.5 Å². The second kappa shape index (κ2) is 7.21. The van der Waals surface area contributed by atoms with Gasteiger partial charge >= 0.3 is 0 Å². The summed E-state index contributed by atoms with van der Waals surface area (Å²) in [4.78, 5) is 8.91. The van der Waals surface area contributed by atoms with Crippen molar-refractivity contribution >= 4 is 11.6 Å². The van der Waals surface area contributed by atoms with E-state index in [0.717, 1.165) is 22.6 Å². The van der Waals surface area contributed by atoms with Crippen molar-refractivity contribution in [2.75, 3.05) is 19.5 Å². The molecule has 25 heavy (non-hydrogen) atoms. The van der Waals surface area contributed by atoms with Gasteiger partial charge in [-0.3, -0.25) is 5.10 Å². The first-order chi connectivity index (χ1) is 12.1. The van der Waals surface area contributed by atoms with Crippen molar-refractivity contribution in [1.82, 2.24) is 20.2 Å². The van der Waals surface area contributed by atoms with E-state index in [0.29, 0.717) is 29.6 Å². The Morgan fingerprint density at radius 2 is 1.88 bits per heavy atom. The van der Waals surface area contributed by atoms with Gasteiger partial charge in [0.25, 0.3) is 0 Å². The first-order valence-corrected chi connectivity index (χ1v) is 7.92. The molecule has 2 aromatic heterocycles. The summed E-state index contributed by atoms with van der Waals surface area (Å²) in [7, 11) is 3.24. The first kappa shape index (κ1) is 16.8. The van der Waals surface area contributed by atoms with Crippen LogP contribution in [0.2, 0.25) is 0 Å².